The van der Waals surface area contributed by atoms with Crippen LogP contribution >= 0.6 is 0 Å². The number of aryl methyl sites for hydroxylation is 1. The molecular formula is C28H30FN3O2. The molecule has 1 aliphatic heterocycles. The Kier molecular flexibility index (Phi) is 6.09. The Morgan fingerprint density at radius 1 is 1.09 bits per heavy atom. The third-order valence-corrected chi connectivity index (χ3v) is 6.97. The first-order valence-electron chi connectivity index (χ1n) is 12.1. The number of nitrogens with zero attached hydrogens (tertiary/aromatic N) is 3. The zero-order valence-corrected chi connectivity index (χ0v) is 19.8. The van der Waals surface area contributed by atoms with Crippen molar-refractivity contribution in [2.45, 2.75) is 32.7 Å². The van der Waals surface area contributed by atoms with Gasteiger partial charge in [0.25, 0.3) is 0 Å². The number of piperazine rings is 1. The molecule has 6 heteroatoms. The summed E-state index contributed by atoms with van der Waals surface area (Å²) in [6.07, 6.45) is 6.81. The van der Waals surface area contributed by atoms with Crippen LogP contribution in [0.25, 0.3) is 17.0 Å². The molecule has 5 nitrogen and oxygen atoms in total. The molecule has 0 atom stereocenters. The molecule has 0 amide bonds. The molecule has 0 radical (unpaired) electrons. The second-order valence-electron chi connectivity index (χ2n) is 9.36. The summed E-state index contributed by atoms with van der Waals surface area (Å²) in [6.45, 7) is 8.42. The maximum Gasteiger partial charge on any atom is 0.200 e. The van der Waals surface area contributed by atoms with E-state index in [1.807, 2.05) is 41.8 Å². The molecule has 0 N–H and O–H groups in total. The Morgan fingerprint density at radius 2 is 1.79 bits per heavy atom. The normalized spacial score (nSPS) is 17.1. The van der Waals surface area contributed by atoms with Crippen LogP contribution in [0.3, 0.4) is 0 Å². The van der Waals surface area contributed by atoms with Crippen molar-refractivity contribution < 1.29 is 9.18 Å². The molecule has 34 heavy (non-hydrogen) atoms. The van der Waals surface area contributed by atoms with Crippen LogP contribution in [0, 0.1) is 12.7 Å². The second kappa shape index (κ2) is 9.18. The summed E-state index contributed by atoms with van der Waals surface area (Å²) >= 11 is 0. The number of pyridine rings is 1. The van der Waals surface area contributed by atoms with E-state index < -0.39 is 11.2 Å². The van der Waals surface area contributed by atoms with Gasteiger partial charge in [0.05, 0.1) is 16.8 Å². The Labute approximate surface area is 199 Å². The van der Waals surface area contributed by atoms with Gasteiger partial charge in [0.15, 0.2) is 5.78 Å². The number of anilines is 1. The molecule has 2 fully saturated rings. The predicted molar refractivity (Wildman–Crippen MR) is 135 cm³/mol. The lowest BCUT2D eigenvalue weighted by Gasteiger charge is -2.35. The lowest BCUT2D eigenvalue weighted by atomic mass is 10.0. The Morgan fingerprint density at radius 3 is 2.44 bits per heavy atom. The van der Waals surface area contributed by atoms with Crippen LogP contribution in [0.1, 0.15) is 47.3 Å². The highest BCUT2D eigenvalue weighted by atomic mass is 19.1. The lowest BCUT2D eigenvalue weighted by molar-refractivity contribution is 0.104. The number of carbonyl (C=O) groups is 1. The highest BCUT2D eigenvalue weighted by molar-refractivity contribution is 6.08. The molecule has 2 aliphatic rings. The third-order valence-electron chi connectivity index (χ3n) is 6.97. The van der Waals surface area contributed by atoms with E-state index in [1.165, 1.54) is 12.1 Å². The number of halogens is 1. The van der Waals surface area contributed by atoms with Crippen molar-refractivity contribution >= 4 is 28.4 Å². The average molecular weight is 460 g/mol. The minimum atomic E-state index is -0.410. The molecule has 0 bridgehead atoms. The number of benzene rings is 2. The van der Waals surface area contributed by atoms with Crippen molar-refractivity contribution in [3.8, 4) is 0 Å². The summed E-state index contributed by atoms with van der Waals surface area (Å²) in [5.41, 5.74) is 2.95. The zero-order chi connectivity index (χ0) is 23.8. The van der Waals surface area contributed by atoms with E-state index in [2.05, 4.69) is 16.7 Å². The molecule has 176 valence electrons. The van der Waals surface area contributed by atoms with Gasteiger partial charge >= 0.3 is 0 Å². The average Bonchev–Trinajstić information content (AvgIpc) is 3.69. The van der Waals surface area contributed by atoms with Gasteiger partial charge in [0.1, 0.15) is 5.82 Å². The standard InChI is InChI=1S/C28H30FN3O2/c1-3-30-12-14-31(15-13-30)26-17-25-22(16-24(26)29)28(34)23(18-32(25)21-9-10-21)27(33)11-8-20-6-4-19(2)5-7-20/h4-8,11,16-18,21H,3,9-10,12-15H2,1-2H3/b11-8+. The van der Waals surface area contributed by atoms with E-state index in [0.717, 1.165) is 56.7 Å². The number of likely N-dealkylation sites (N-methyl/N-ethyl adjacent to an activating group) is 1. The summed E-state index contributed by atoms with van der Waals surface area (Å²) in [4.78, 5) is 30.7. The second-order valence-corrected chi connectivity index (χ2v) is 9.36. The van der Waals surface area contributed by atoms with Crippen LogP contribution < -0.4 is 10.3 Å². The van der Waals surface area contributed by atoms with E-state index >= 15 is 4.39 Å². The zero-order valence-electron chi connectivity index (χ0n) is 19.8. The van der Waals surface area contributed by atoms with Crippen molar-refractivity contribution in [3.63, 3.8) is 0 Å². The maximum absolute atomic E-state index is 15.2. The quantitative estimate of drug-likeness (QED) is 0.392. The van der Waals surface area contributed by atoms with Crippen molar-refractivity contribution in [1.82, 2.24) is 9.47 Å². The number of aromatic nitrogens is 1. The first-order valence-corrected chi connectivity index (χ1v) is 12.1. The van der Waals surface area contributed by atoms with Crippen LogP contribution in [0.15, 0.2) is 53.5 Å². The number of rotatable bonds is 6. The maximum atomic E-state index is 15.2. The number of hydrogen-bond acceptors (Lipinski definition) is 4. The first kappa shape index (κ1) is 22.5. The monoisotopic (exact) mass is 459 g/mol. The smallest absolute Gasteiger partial charge is 0.200 e. The van der Waals surface area contributed by atoms with Gasteiger partial charge in [-0.25, -0.2) is 4.39 Å². The fraction of sp³-hybridized carbons (Fsp3) is 0.357. The lowest BCUT2D eigenvalue weighted by Crippen LogP contribution is -2.46. The van der Waals surface area contributed by atoms with Gasteiger partial charge in [-0.2, -0.15) is 0 Å². The summed E-state index contributed by atoms with van der Waals surface area (Å²) in [5.74, 6) is -0.765. The Hall–Kier alpha value is -3.25. The molecule has 3 aromatic rings. The largest absolute Gasteiger partial charge is 0.367 e. The Bertz CT molecular complexity index is 1310. The molecule has 1 aromatic heterocycles. The highest BCUT2D eigenvalue weighted by Gasteiger charge is 2.28. The summed E-state index contributed by atoms with van der Waals surface area (Å²) < 4.78 is 17.3. The van der Waals surface area contributed by atoms with Gasteiger partial charge in [-0.1, -0.05) is 42.8 Å². The van der Waals surface area contributed by atoms with Crippen LogP contribution in [0.5, 0.6) is 0 Å². The van der Waals surface area contributed by atoms with Crippen LogP contribution in [0.4, 0.5) is 10.1 Å². The molecule has 1 aliphatic carbocycles. The fourth-order valence-electron chi connectivity index (χ4n) is 4.68. The molecule has 2 heterocycles. The van der Waals surface area contributed by atoms with Gasteiger partial charge in [-0.15, -0.1) is 0 Å². The SMILES string of the molecule is CCN1CCN(c2cc3c(cc2F)c(=O)c(C(=O)/C=C/c2ccc(C)cc2)cn3C2CC2)CC1. The molecule has 5 rings (SSSR count). The molecule has 2 aromatic carbocycles. The third kappa shape index (κ3) is 4.42. The number of carbonyl (C=O) groups excluding carboxylic acids is 1. The van der Waals surface area contributed by atoms with Crippen LogP contribution in [-0.4, -0.2) is 48.0 Å². The Balaban J connectivity index is 1.52. The molecule has 1 saturated carbocycles. The van der Waals surface area contributed by atoms with Gasteiger partial charge < -0.3 is 14.4 Å². The minimum absolute atomic E-state index is 0.0893. The predicted octanol–water partition coefficient (Wildman–Crippen LogP) is 4.82. The van der Waals surface area contributed by atoms with Crippen molar-refractivity contribution in [1.29, 1.82) is 0 Å². The van der Waals surface area contributed by atoms with Crippen molar-refractivity contribution in [2.75, 3.05) is 37.6 Å². The molecule has 0 unspecified atom stereocenters. The van der Waals surface area contributed by atoms with Crippen LogP contribution in [0.2, 0.25) is 0 Å². The van der Waals surface area contributed by atoms with E-state index in [9.17, 15) is 9.59 Å². The summed E-state index contributed by atoms with van der Waals surface area (Å²) in [6, 6.07) is 11.2. The van der Waals surface area contributed by atoms with E-state index in [1.54, 1.807) is 12.3 Å². The van der Waals surface area contributed by atoms with Crippen LogP contribution in [-0.2, 0) is 0 Å². The van der Waals surface area contributed by atoms with Crippen molar-refractivity contribution in [2.24, 2.45) is 0 Å². The number of ketones is 1. The minimum Gasteiger partial charge on any atom is -0.367 e. The summed E-state index contributed by atoms with van der Waals surface area (Å²) in [5, 5.41) is 0.273. The van der Waals surface area contributed by atoms with E-state index in [-0.39, 0.29) is 22.8 Å². The van der Waals surface area contributed by atoms with Gasteiger partial charge in [0, 0.05) is 43.8 Å². The number of hydrogen-bond donors (Lipinski definition) is 0. The summed E-state index contributed by atoms with van der Waals surface area (Å²) in [7, 11) is 0. The molecule has 0 spiro atoms. The van der Waals surface area contributed by atoms with E-state index in [0.29, 0.717) is 11.2 Å². The fourth-order valence-corrected chi connectivity index (χ4v) is 4.68. The molecular weight excluding hydrogens is 429 g/mol. The van der Waals surface area contributed by atoms with E-state index in [4.69, 9.17) is 0 Å². The van der Waals surface area contributed by atoms with Gasteiger partial charge in [-0.3, -0.25) is 9.59 Å². The van der Waals surface area contributed by atoms with Gasteiger partial charge in [0.2, 0.25) is 5.43 Å². The number of allylic oxidation sites excluding steroid dienone is 1. The highest BCUT2D eigenvalue weighted by Crippen LogP contribution is 2.38. The van der Waals surface area contributed by atoms with Crippen molar-refractivity contribution in [3.05, 3.63) is 81.4 Å². The molecule has 1 saturated heterocycles. The van der Waals surface area contributed by atoms with Gasteiger partial charge in [-0.05, 0) is 50.1 Å². The number of fused-ring (bicyclic) bond motifs is 1. The first-order chi connectivity index (χ1) is 16.4. The topological polar surface area (TPSA) is 45.6 Å².